The molecule has 7 nitrogen and oxygen atoms in total. The molecule has 190 valence electrons. The van der Waals surface area contributed by atoms with Gasteiger partial charge in [0, 0.05) is 5.56 Å². The summed E-state index contributed by atoms with van der Waals surface area (Å²) in [7, 11) is 0. The highest BCUT2D eigenvalue weighted by atomic mass is 16.5. The first kappa shape index (κ1) is 23.0. The maximum absolute atomic E-state index is 6.00. The fraction of sp³-hybridized carbons (Fsp3) is 0.0938. The largest absolute Gasteiger partial charge is 0.486 e. The summed E-state index contributed by atoms with van der Waals surface area (Å²) >= 11 is 0. The molecule has 3 aromatic carbocycles. The molecular formula is C32H25N5O2. The molecule has 0 aliphatic heterocycles. The molecule has 0 saturated carbocycles. The molecule has 39 heavy (non-hydrogen) atoms. The van der Waals surface area contributed by atoms with E-state index in [0.29, 0.717) is 12.4 Å². The van der Waals surface area contributed by atoms with Crippen LogP contribution in [-0.2, 0) is 13.2 Å². The summed E-state index contributed by atoms with van der Waals surface area (Å²) in [5, 5.41) is 5.64. The zero-order valence-electron chi connectivity index (χ0n) is 21.4. The molecule has 0 spiro atoms. The van der Waals surface area contributed by atoms with Gasteiger partial charge in [-0.15, -0.1) is 5.10 Å². The highest BCUT2D eigenvalue weighted by Crippen LogP contribution is 2.42. The van der Waals surface area contributed by atoms with E-state index in [1.54, 1.807) is 17.1 Å². The lowest BCUT2D eigenvalue weighted by molar-refractivity contribution is 0.296. The fourth-order valence-corrected chi connectivity index (χ4v) is 5.02. The maximum Gasteiger partial charge on any atom is 0.189 e. The predicted molar refractivity (Wildman–Crippen MR) is 150 cm³/mol. The standard InChI is InChI=1S/C32H25N5O2/c1-22-14-16-25(17-15-22)39-20-27-34-32-29-28(23-9-4-2-5-10-23)30(24-11-6-3-7-12-24)36(19-26-13-8-18-38-26)31(29)33-21-37(32)35-27/h2-18,21H,19-20H2,1H3. The molecule has 4 heterocycles. The van der Waals surface area contributed by atoms with Crippen molar-refractivity contribution in [3.05, 3.63) is 127 Å². The zero-order valence-corrected chi connectivity index (χ0v) is 21.4. The van der Waals surface area contributed by atoms with E-state index in [1.165, 1.54) is 5.56 Å². The molecule has 0 atom stereocenters. The van der Waals surface area contributed by atoms with Crippen molar-refractivity contribution in [2.45, 2.75) is 20.1 Å². The molecule has 0 fully saturated rings. The zero-order chi connectivity index (χ0) is 26.2. The van der Waals surface area contributed by atoms with Gasteiger partial charge in [0.05, 0.1) is 23.9 Å². The van der Waals surface area contributed by atoms with Crippen molar-refractivity contribution >= 4 is 16.7 Å². The molecule has 0 radical (unpaired) electrons. The number of hydrogen-bond donors (Lipinski definition) is 0. The highest BCUT2D eigenvalue weighted by molar-refractivity contribution is 6.09. The number of fused-ring (bicyclic) bond motifs is 3. The fourth-order valence-electron chi connectivity index (χ4n) is 5.02. The lowest BCUT2D eigenvalue weighted by Crippen LogP contribution is -2.03. The normalized spacial score (nSPS) is 11.4. The van der Waals surface area contributed by atoms with Gasteiger partial charge in [0.25, 0.3) is 0 Å². The van der Waals surface area contributed by atoms with Gasteiger partial charge in [-0.3, -0.25) is 0 Å². The summed E-state index contributed by atoms with van der Waals surface area (Å²) in [6.45, 7) is 2.84. The van der Waals surface area contributed by atoms with Gasteiger partial charge in [0.2, 0.25) is 0 Å². The molecule has 0 aliphatic carbocycles. The van der Waals surface area contributed by atoms with E-state index in [4.69, 9.17) is 24.2 Å². The van der Waals surface area contributed by atoms with Crippen molar-refractivity contribution in [3.63, 3.8) is 0 Å². The van der Waals surface area contributed by atoms with Crippen LogP contribution in [0.15, 0.2) is 114 Å². The third kappa shape index (κ3) is 4.24. The molecule has 0 aliphatic rings. The second-order valence-corrected chi connectivity index (χ2v) is 9.46. The Morgan fingerprint density at radius 1 is 0.795 bits per heavy atom. The molecule has 0 amide bonds. The van der Waals surface area contributed by atoms with Crippen LogP contribution in [0.25, 0.3) is 39.1 Å². The van der Waals surface area contributed by atoms with Crippen molar-refractivity contribution in [2.75, 3.05) is 0 Å². The van der Waals surface area contributed by atoms with E-state index in [2.05, 4.69) is 60.0 Å². The van der Waals surface area contributed by atoms with E-state index >= 15 is 0 Å². The smallest absolute Gasteiger partial charge is 0.189 e. The van der Waals surface area contributed by atoms with E-state index in [1.807, 2.05) is 48.5 Å². The van der Waals surface area contributed by atoms with Crippen molar-refractivity contribution in [2.24, 2.45) is 0 Å². The number of aryl methyl sites for hydroxylation is 1. The van der Waals surface area contributed by atoms with Gasteiger partial charge in [-0.2, -0.15) is 0 Å². The predicted octanol–water partition coefficient (Wildman–Crippen LogP) is 6.94. The van der Waals surface area contributed by atoms with Crippen LogP contribution < -0.4 is 4.74 Å². The minimum absolute atomic E-state index is 0.256. The summed E-state index contributed by atoms with van der Waals surface area (Å²) in [4.78, 5) is 9.86. The molecule has 0 saturated heterocycles. The van der Waals surface area contributed by atoms with E-state index in [0.717, 1.165) is 50.6 Å². The van der Waals surface area contributed by atoms with Gasteiger partial charge in [-0.25, -0.2) is 14.5 Å². The Hall–Kier alpha value is -5.17. The van der Waals surface area contributed by atoms with Gasteiger partial charge in [-0.05, 0) is 42.3 Å². The molecule has 7 aromatic rings. The summed E-state index contributed by atoms with van der Waals surface area (Å²) < 4.78 is 15.7. The van der Waals surface area contributed by atoms with Gasteiger partial charge >= 0.3 is 0 Å². The lowest BCUT2D eigenvalue weighted by atomic mass is 9.99. The Morgan fingerprint density at radius 2 is 1.54 bits per heavy atom. The quantitative estimate of drug-likeness (QED) is 0.232. The first-order valence-electron chi connectivity index (χ1n) is 12.8. The van der Waals surface area contributed by atoms with Crippen LogP contribution in [0.3, 0.4) is 0 Å². The monoisotopic (exact) mass is 511 g/mol. The molecule has 0 N–H and O–H groups in total. The van der Waals surface area contributed by atoms with Crippen LogP contribution in [0, 0.1) is 6.92 Å². The maximum atomic E-state index is 6.00. The summed E-state index contributed by atoms with van der Waals surface area (Å²) in [5.74, 6) is 2.21. The SMILES string of the molecule is Cc1ccc(OCc2nc3c4c(-c5ccccc5)c(-c5ccccc5)n(Cc5ccco5)c4ncn3n2)cc1. The van der Waals surface area contributed by atoms with Gasteiger partial charge < -0.3 is 13.7 Å². The Morgan fingerprint density at radius 3 is 2.26 bits per heavy atom. The summed E-state index contributed by atoms with van der Waals surface area (Å²) in [6.07, 6.45) is 3.42. The number of nitrogens with zero attached hydrogens (tertiary/aromatic N) is 5. The number of benzene rings is 3. The Bertz CT molecular complexity index is 1870. The van der Waals surface area contributed by atoms with Crippen LogP contribution >= 0.6 is 0 Å². The van der Waals surface area contributed by atoms with Crippen molar-refractivity contribution in [1.82, 2.24) is 24.1 Å². The average molecular weight is 512 g/mol. The number of ether oxygens (including phenoxy) is 1. The van der Waals surface area contributed by atoms with Crippen molar-refractivity contribution in [3.8, 4) is 28.1 Å². The summed E-state index contributed by atoms with van der Waals surface area (Å²) in [5.41, 5.74) is 7.00. The first-order valence-corrected chi connectivity index (χ1v) is 12.8. The Balaban J connectivity index is 1.45. The van der Waals surface area contributed by atoms with Gasteiger partial charge in [0.1, 0.15) is 30.1 Å². The minimum atomic E-state index is 0.256. The van der Waals surface area contributed by atoms with Crippen molar-refractivity contribution in [1.29, 1.82) is 0 Å². The Labute approximate surface area is 225 Å². The highest BCUT2D eigenvalue weighted by Gasteiger charge is 2.25. The Kier molecular flexibility index (Phi) is 5.66. The van der Waals surface area contributed by atoms with Crippen LogP contribution in [0.1, 0.15) is 17.1 Å². The number of aromatic nitrogens is 5. The second-order valence-electron chi connectivity index (χ2n) is 9.46. The third-order valence-corrected chi connectivity index (χ3v) is 6.82. The average Bonchev–Trinajstić information content (AvgIpc) is 3.72. The van der Waals surface area contributed by atoms with E-state index < -0.39 is 0 Å². The first-order chi connectivity index (χ1) is 19.2. The molecule has 7 heteroatoms. The molecule has 4 aromatic heterocycles. The molecular weight excluding hydrogens is 486 g/mol. The van der Waals surface area contributed by atoms with E-state index in [9.17, 15) is 0 Å². The third-order valence-electron chi connectivity index (χ3n) is 6.82. The van der Waals surface area contributed by atoms with Crippen LogP contribution in [0.2, 0.25) is 0 Å². The summed E-state index contributed by atoms with van der Waals surface area (Å²) in [6, 6.07) is 32.6. The van der Waals surface area contributed by atoms with Crippen LogP contribution in [0.4, 0.5) is 0 Å². The molecule has 7 rings (SSSR count). The van der Waals surface area contributed by atoms with Crippen molar-refractivity contribution < 1.29 is 9.15 Å². The van der Waals surface area contributed by atoms with Gasteiger partial charge in [0.15, 0.2) is 11.5 Å². The lowest BCUT2D eigenvalue weighted by Gasteiger charge is -2.11. The van der Waals surface area contributed by atoms with Crippen LogP contribution in [-0.4, -0.2) is 24.1 Å². The number of furan rings is 1. The van der Waals surface area contributed by atoms with Gasteiger partial charge in [-0.1, -0.05) is 78.4 Å². The number of rotatable bonds is 7. The van der Waals surface area contributed by atoms with E-state index in [-0.39, 0.29) is 6.61 Å². The van der Waals surface area contributed by atoms with Crippen LogP contribution in [0.5, 0.6) is 5.75 Å². The second kappa shape index (κ2) is 9.61. The minimum Gasteiger partial charge on any atom is -0.486 e. The number of hydrogen-bond acceptors (Lipinski definition) is 5. The molecule has 0 bridgehead atoms. The topological polar surface area (TPSA) is 70.4 Å². The molecule has 0 unspecified atom stereocenters.